The van der Waals surface area contributed by atoms with Gasteiger partial charge in [0.2, 0.25) is 11.8 Å². The Morgan fingerprint density at radius 1 is 1.15 bits per heavy atom. The van der Waals surface area contributed by atoms with Crippen LogP contribution in [0.4, 0.5) is 10.1 Å². The van der Waals surface area contributed by atoms with E-state index in [1.165, 1.54) is 12.1 Å². The van der Waals surface area contributed by atoms with E-state index in [0.29, 0.717) is 34.3 Å². The maximum atomic E-state index is 13.3. The SMILES string of the molecule is O=C(Nc1cc(Cl)cc(Cl)c1)C1CCCN1C(=O)Cc1cccc(F)c1. The summed E-state index contributed by atoms with van der Waals surface area (Å²) in [7, 11) is 0. The molecule has 1 saturated heterocycles. The van der Waals surface area contributed by atoms with E-state index in [0.717, 1.165) is 6.42 Å². The van der Waals surface area contributed by atoms with Crippen LogP contribution in [0.2, 0.25) is 10.0 Å². The average molecular weight is 395 g/mol. The second kappa shape index (κ2) is 8.06. The molecule has 0 saturated carbocycles. The van der Waals surface area contributed by atoms with Crippen LogP contribution in [0.25, 0.3) is 0 Å². The van der Waals surface area contributed by atoms with E-state index in [-0.39, 0.29) is 24.1 Å². The average Bonchev–Trinajstić information content (AvgIpc) is 3.03. The molecule has 7 heteroatoms. The number of halogens is 3. The van der Waals surface area contributed by atoms with Crippen molar-refractivity contribution >= 4 is 40.7 Å². The number of nitrogens with one attached hydrogen (secondary N) is 1. The van der Waals surface area contributed by atoms with Gasteiger partial charge in [-0.25, -0.2) is 4.39 Å². The highest BCUT2D eigenvalue weighted by atomic mass is 35.5. The third-order valence-electron chi connectivity index (χ3n) is 4.25. The maximum absolute atomic E-state index is 13.3. The van der Waals surface area contributed by atoms with E-state index in [1.54, 1.807) is 35.2 Å². The fraction of sp³-hybridized carbons (Fsp3) is 0.263. The lowest BCUT2D eigenvalue weighted by Gasteiger charge is -2.24. The van der Waals surface area contributed by atoms with Gasteiger partial charge in [0.15, 0.2) is 0 Å². The molecule has 136 valence electrons. The van der Waals surface area contributed by atoms with Crippen molar-refractivity contribution in [2.75, 3.05) is 11.9 Å². The van der Waals surface area contributed by atoms with Crippen LogP contribution in [-0.2, 0) is 16.0 Å². The normalized spacial score (nSPS) is 16.6. The molecule has 1 heterocycles. The molecule has 2 amide bonds. The van der Waals surface area contributed by atoms with Gasteiger partial charge in [-0.05, 0) is 48.7 Å². The van der Waals surface area contributed by atoms with Crippen molar-refractivity contribution in [3.05, 3.63) is 63.9 Å². The van der Waals surface area contributed by atoms with Crippen molar-refractivity contribution in [2.45, 2.75) is 25.3 Å². The minimum atomic E-state index is -0.561. The Kier molecular flexibility index (Phi) is 5.79. The standard InChI is InChI=1S/C19H17Cl2FN2O2/c20-13-9-14(21)11-16(10-13)23-19(26)17-5-2-6-24(17)18(25)8-12-3-1-4-15(22)7-12/h1,3-4,7,9-11,17H,2,5-6,8H2,(H,23,26). The van der Waals surface area contributed by atoms with Gasteiger partial charge in [0.25, 0.3) is 0 Å². The topological polar surface area (TPSA) is 49.4 Å². The fourth-order valence-corrected chi connectivity index (χ4v) is 3.64. The molecule has 1 aliphatic rings. The molecule has 0 radical (unpaired) electrons. The molecule has 1 unspecified atom stereocenters. The van der Waals surface area contributed by atoms with Crippen LogP contribution in [0.1, 0.15) is 18.4 Å². The molecule has 1 aliphatic heterocycles. The van der Waals surface area contributed by atoms with Gasteiger partial charge >= 0.3 is 0 Å². The molecule has 2 aromatic carbocycles. The van der Waals surface area contributed by atoms with Crippen LogP contribution in [0.5, 0.6) is 0 Å². The summed E-state index contributed by atoms with van der Waals surface area (Å²) >= 11 is 11.9. The molecule has 0 spiro atoms. The summed E-state index contributed by atoms with van der Waals surface area (Å²) in [5, 5.41) is 3.59. The maximum Gasteiger partial charge on any atom is 0.247 e. The summed E-state index contributed by atoms with van der Waals surface area (Å²) in [5.74, 6) is -0.866. The third kappa shape index (κ3) is 4.54. The Morgan fingerprint density at radius 2 is 1.88 bits per heavy atom. The number of hydrogen-bond donors (Lipinski definition) is 1. The Labute approximate surface area is 160 Å². The van der Waals surface area contributed by atoms with E-state index < -0.39 is 6.04 Å². The molecule has 4 nitrogen and oxygen atoms in total. The molecule has 1 fully saturated rings. The number of nitrogens with zero attached hydrogens (tertiary/aromatic N) is 1. The highest BCUT2D eigenvalue weighted by Gasteiger charge is 2.34. The highest BCUT2D eigenvalue weighted by molar-refractivity contribution is 6.35. The van der Waals surface area contributed by atoms with E-state index in [4.69, 9.17) is 23.2 Å². The van der Waals surface area contributed by atoms with Crippen molar-refractivity contribution in [3.63, 3.8) is 0 Å². The smallest absolute Gasteiger partial charge is 0.247 e. The first kappa shape index (κ1) is 18.7. The molecule has 0 aliphatic carbocycles. The van der Waals surface area contributed by atoms with Gasteiger partial charge in [0, 0.05) is 22.3 Å². The first-order valence-corrected chi connectivity index (χ1v) is 8.99. The zero-order chi connectivity index (χ0) is 18.7. The lowest BCUT2D eigenvalue weighted by Crippen LogP contribution is -2.43. The molecule has 1 N–H and O–H groups in total. The first-order valence-electron chi connectivity index (χ1n) is 8.23. The number of likely N-dealkylation sites (tertiary alicyclic amines) is 1. The van der Waals surface area contributed by atoms with E-state index in [1.807, 2.05) is 0 Å². The van der Waals surface area contributed by atoms with Gasteiger partial charge in [0.05, 0.1) is 6.42 Å². The molecular weight excluding hydrogens is 378 g/mol. The Hall–Kier alpha value is -2.11. The monoisotopic (exact) mass is 394 g/mol. The molecule has 0 bridgehead atoms. The van der Waals surface area contributed by atoms with Gasteiger partial charge in [-0.3, -0.25) is 9.59 Å². The number of anilines is 1. The van der Waals surface area contributed by atoms with E-state index in [2.05, 4.69) is 5.32 Å². The minimum Gasteiger partial charge on any atom is -0.330 e. The predicted molar refractivity (Wildman–Crippen MR) is 99.9 cm³/mol. The minimum absolute atomic E-state index is 0.0601. The number of carbonyl (C=O) groups excluding carboxylic acids is 2. The summed E-state index contributed by atoms with van der Waals surface area (Å²) in [4.78, 5) is 26.7. The first-order chi connectivity index (χ1) is 12.4. The van der Waals surface area contributed by atoms with Gasteiger partial charge in [0.1, 0.15) is 11.9 Å². The summed E-state index contributed by atoms with van der Waals surface area (Å²) in [6.45, 7) is 0.503. The van der Waals surface area contributed by atoms with Crippen LogP contribution in [-0.4, -0.2) is 29.3 Å². The highest BCUT2D eigenvalue weighted by Crippen LogP contribution is 2.25. The third-order valence-corrected chi connectivity index (χ3v) is 4.69. The summed E-state index contributed by atoms with van der Waals surface area (Å²) < 4.78 is 13.3. The van der Waals surface area contributed by atoms with Gasteiger partial charge in [-0.15, -0.1) is 0 Å². The van der Waals surface area contributed by atoms with Crippen LogP contribution in [0.3, 0.4) is 0 Å². The quantitative estimate of drug-likeness (QED) is 0.839. The van der Waals surface area contributed by atoms with Crippen molar-refractivity contribution < 1.29 is 14.0 Å². The van der Waals surface area contributed by atoms with Crippen molar-refractivity contribution in [3.8, 4) is 0 Å². The van der Waals surface area contributed by atoms with Crippen molar-refractivity contribution in [1.29, 1.82) is 0 Å². The van der Waals surface area contributed by atoms with E-state index >= 15 is 0 Å². The van der Waals surface area contributed by atoms with Gasteiger partial charge in [-0.1, -0.05) is 35.3 Å². The van der Waals surface area contributed by atoms with Gasteiger partial charge in [-0.2, -0.15) is 0 Å². The predicted octanol–water partition coefficient (Wildman–Crippen LogP) is 4.30. The van der Waals surface area contributed by atoms with Crippen LogP contribution >= 0.6 is 23.2 Å². The summed E-state index contributed by atoms with van der Waals surface area (Å²) in [6, 6.07) is 10.1. The van der Waals surface area contributed by atoms with Crippen LogP contribution < -0.4 is 5.32 Å². The lowest BCUT2D eigenvalue weighted by molar-refractivity contribution is -0.136. The summed E-state index contributed by atoms with van der Waals surface area (Å²) in [6.07, 6.45) is 1.38. The molecule has 3 rings (SSSR count). The number of amides is 2. The molecule has 1 atom stereocenters. The van der Waals surface area contributed by atoms with Crippen molar-refractivity contribution in [2.24, 2.45) is 0 Å². The molecule has 26 heavy (non-hydrogen) atoms. The summed E-state index contributed by atoms with van der Waals surface area (Å²) in [5.41, 5.74) is 1.07. The Bertz CT molecular complexity index is 824. The zero-order valence-corrected chi connectivity index (χ0v) is 15.4. The van der Waals surface area contributed by atoms with Crippen LogP contribution in [0, 0.1) is 5.82 Å². The number of carbonyl (C=O) groups is 2. The van der Waals surface area contributed by atoms with Crippen LogP contribution in [0.15, 0.2) is 42.5 Å². The lowest BCUT2D eigenvalue weighted by atomic mass is 10.1. The van der Waals surface area contributed by atoms with Crippen molar-refractivity contribution in [1.82, 2.24) is 4.90 Å². The van der Waals surface area contributed by atoms with E-state index in [9.17, 15) is 14.0 Å². The van der Waals surface area contributed by atoms with Gasteiger partial charge < -0.3 is 10.2 Å². The second-order valence-corrected chi connectivity index (χ2v) is 7.07. The largest absolute Gasteiger partial charge is 0.330 e. The number of benzene rings is 2. The second-order valence-electron chi connectivity index (χ2n) is 6.20. The number of hydrogen-bond acceptors (Lipinski definition) is 2. The Balaban J connectivity index is 1.68. The molecule has 2 aromatic rings. The Morgan fingerprint density at radius 3 is 2.58 bits per heavy atom. The fourth-order valence-electron chi connectivity index (χ4n) is 3.11. The number of rotatable bonds is 4. The molecule has 0 aromatic heterocycles. The zero-order valence-electron chi connectivity index (χ0n) is 13.8. The molecular formula is C19H17Cl2FN2O2.